The van der Waals surface area contributed by atoms with Crippen LogP contribution in [0.5, 0.6) is 5.75 Å². The van der Waals surface area contributed by atoms with Crippen LogP contribution in [0.2, 0.25) is 0 Å². The van der Waals surface area contributed by atoms with E-state index in [1.54, 1.807) is 0 Å². The summed E-state index contributed by atoms with van der Waals surface area (Å²) in [7, 11) is 0. The van der Waals surface area contributed by atoms with Gasteiger partial charge in [-0.2, -0.15) is 0 Å². The summed E-state index contributed by atoms with van der Waals surface area (Å²) in [4.78, 5) is 12.9. The molecule has 0 unspecified atom stereocenters. The monoisotopic (exact) mass is 301 g/mol. The number of nitrogens with zero attached hydrogens (tertiary/aromatic N) is 1. The summed E-state index contributed by atoms with van der Waals surface area (Å²) in [6, 6.07) is 4.30. The quantitative estimate of drug-likeness (QED) is 0.932. The fourth-order valence-electron chi connectivity index (χ4n) is 3.40. The molecule has 118 valence electrons. The smallest absolute Gasteiger partial charge is 0.304 e. The summed E-state index contributed by atoms with van der Waals surface area (Å²) in [5.41, 5.74) is 3.44. The summed E-state index contributed by atoms with van der Waals surface area (Å²) in [6.45, 7) is 6.61. The van der Waals surface area contributed by atoms with E-state index in [4.69, 9.17) is 9.84 Å². The van der Waals surface area contributed by atoms with Gasteiger partial charge in [-0.05, 0) is 37.1 Å². The van der Waals surface area contributed by atoms with Crippen molar-refractivity contribution in [1.82, 2.24) is 4.90 Å². The molecule has 1 spiro atoms. The van der Waals surface area contributed by atoms with Crippen molar-refractivity contribution < 1.29 is 14.6 Å². The molecular formula is C18H23NO3. The van der Waals surface area contributed by atoms with Gasteiger partial charge in [-0.15, -0.1) is 0 Å². The van der Waals surface area contributed by atoms with E-state index in [9.17, 15) is 4.79 Å². The highest BCUT2D eigenvalue weighted by Crippen LogP contribution is 2.38. The average Bonchev–Trinajstić information content (AvgIpc) is 2.46. The van der Waals surface area contributed by atoms with Crippen molar-refractivity contribution in [2.45, 2.75) is 38.7 Å². The van der Waals surface area contributed by atoms with Crippen molar-refractivity contribution in [2.75, 3.05) is 19.6 Å². The second-order valence-electron chi connectivity index (χ2n) is 6.48. The van der Waals surface area contributed by atoms with E-state index in [1.165, 1.54) is 16.7 Å². The molecule has 1 fully saturated rings. The maximum atomic E-state index is 10.7. The van der Waals surface area contributed by atoms with Gasteiger partial charge in [0.25, 0.3) is 0 Å². The third-order valence-electron chi connectivity index (χ3n) is 4.70. The molecule has 4 heteroatoms. The van der Waals surface area contributed by atoms with Crippen LogP contribution in [-0.2, 0) is 4.79 Å². The Morgan fingerprint density at radius 2 is 2.05 bits per heavy atom. The summed E-state index contributed by atoms with van der Waals surface area (Å²) < 4.78 is 6.37. The van der Waals surface area contributed by atoms with E-state index in [0.29, 0.717) is 6.54 Å². The van der Waals surface area contributed by atoms with Crippen LogP contribution >= 0.6 is 0 Å². The number of likely N-dealkylation sites (tertiary alicyclic amines) is 1. The zero-order chi connectivity index (χ0) is 15.7. The maximum Gasteiger partial charge on any atom is 0.304 e. The second-order valence-corrected chi connectivity index (χ2v) is 6.48. The number of benzene rings is 1. The fraction of sp³-hybridized carbons (Fsp3) is 0.500. The molecule has 0 radical (unpaired) electrons. The van der Waals surface area contributed by atoms with Crippen LogP contribution in [0.4, 0.5) is 0 Å². The van der Waals surface area contributed by atoms with E-state index < -0.39 is 5.97 Å². The average molecular weight is 301 g/mol. The molecule has 2 aliphatic rings. The van der Waals surface area contributed by atoms with Gasteiger partial charge in [0.15, 0.2) is 0 Å². The number of carboxylic acids is 1. The Bertz CT molecular complexity index is 613. The van der Waals surface area contributed by atoms with Crippen LogP contribution in [-0.4, -0.2) is 41.2 Å². The Morgan fingerprint density at radius 1 is 1.32 bits per heavy atom. The number of piperidine rings is 1. The minimum atomic E-state index is -0.728. The predicted molar refractivity (Wildman–Crippen MR) is 86.2 cm³/mol. The molecule has 22 heavy (non-hydrogen) atoms. The summed E-state index contributed by atoms with van der Waals surface area (Å²) >= 11 is 0. The number of aryl methyl sites for hydroxylation is 2. The third-order valence-corrected chi connectivity index (χ3v) is 4.70. The van der Waals surface area contributed by atoms with E-state index in [1.807, 2.05) is 0 Å². The number of fused-ring (bicyclic) bond motifs is 1. The summed E-state index contributed by atoms with van der Waals surface area (Å²) in [6.07, 6.45) is 6.43. The van der Waals surface area contributed by atoms with Gasteiger partial charge >= 0.3 is 5.97 Å². The molecule has 0 amide bonds. The van der Waals surface area contributed by atoms with Crippen molar-refractivity contribution >= 4 is 12.0 Å². The number of hydrogen-bond acceptors (Lipinski definition) is 3. The first-order valence-corrected chi connectivity index (χ1v) is 7.91. The molecule has 1 saturated heterocycles. The molecule has 2 aliphatic heterocycles. The largest absolute Gasteiger partial charge is 0.482 e. The Balaban J connectivity index is 1.69. The lowest BCUT2D eigenvalue weighted by atomic mass is 9.87. The predicted octanol–water partition coefficient (Wildman–Crippen LogP) is 3.02. The van der Waals surface area contributed by atoms with Gasteiger partial charge in [0.05, 0.1) is 6.42 Å². The zero-order valence-electron chi connectivity index (χ0n) is 13.3. The Kier molecular flexibility index (Phi) is 3.96. The normalized spacial score (nSPS) is 19.7. The number of aliphatic carboxylic acids is 1. The van der Waals surface area contributed by atoms with Crippen LogP contribution in [0.3, 0.4) is 0 Å². The van der Waals surface area contributed by atoms with Gasteiger partial charge in [0, 0.05) is 38.0 Å². The highest BCUT2D eigenvalue weighted by atomic mass is 16.5. The van der Waals surface area contributed by atoms with Gasteiger partial charge in [-0.25, -0.2) is 0 Å². The second kappa shape index (κ2) is 5.76. The highest BCUT2D eigenvalue weighted by molar-refractivity contribution is 5.67. The lowest BCUT2D eigenvalue weighted by Crippen LogP contribution is -2.48. The molecular weight excluding hydrogens is 278 g/mol. The third kappa shape index (κ3) is 3.02. The topological polar surface area (TPSA) is 49.8 Å². The van der Waals surface area contributed by atoms with Crippen LogP contribution < -0.4 is 4.74 Å². The molecule has 0 aromatic heterocycles. The molecule has 1 aromatic carbocycles. The first-order chi connectivity index (χ1) is 10.5. The fourth-order valence-corrected chi connectivity index (χ4v) is 3.40. The number of rotatable bonds is 3. The van der Waals surface area contributed by atoms with E-state index in [2.05, 4.69) is 43.0 Å². The van der Waals surface area contributed by atoms with Crippen LogP contribution in [0.1, 0.15) is 36.0 Å². The first kappa shape index (κ1) is 15.1. The highest BCUT2D eigenvalue weighted by Gasteiger charge is 2.36. The van der Waals surface area contributed by atoms with Crippen molar-refractivity contribution in [3.8, 4) is 5.75 Å². The number of hydrogen-bond donors (Lipinski definition) is 1. The molecule has 4 nitrogen and oxygen atoms in total. The van der Waals surface area contributed by atoms with Crippen LogP contribution in [0.15, 0.2) is 18.2 Å². The molecule has 0 saturated carbocycles. The van der Waals surface area contributed by atoms with Gasteiger partial charge < -0.3 is 14.7 Å². The Morgan fingerprint density at radius 3 is 2.73 bits per heavy atom. The Hall–Kier alpha value is -1.81. The molecule has 1 N–H and O–H groups in total. The van der Waals surface area contributed by atoms with E-state index in [0.717, 1.165) is 31.7 Å². The standard InChI is InChI=1S/C18H23NO3/c1-13-11-14(2)15-3-5-18(22-16(15)12-13)6-9-19(10-7-18)8-4-17(20)21/h3,5,11-12H,4,6-10H2,1-2H3,(H,20,21). The van der Waals surface area contributed by atoms with Crippen LogP contribution in [0.25, 0.3) is 6.08 Å². The molecule has 0 aliphatic carbocycles. The molecule has 3 rings (SSSR count). The molecule has 0 bridgehead atoms. The van der Waals surface area contributed by atoms with Crippen molar-refractivity contribution in [3.63, 3.8) is 0 Å². The van der Waals surface area contributed by atoms with Crippen molar-refractivity contribution in [3.05, 3.63) is 34.9 Å². The van der Waals surface area contributed by atoms with Crippen molar-refractivity contribution in [1.29, 1.82) is 0 Å². The summed E-state index contributed by atoms with van der Waals surface area (Å²) in [5, 5.41) is 8.79. The number of carboxylic acid groups (broad SMARTS) is 1. The molecule has 2 heterocycles. The lowest BCUT2D eigenvalue weighted by Gasteiger charge is -2.42. The van der Waals surface area contributed by atoms with Gasteiger partial charge in [-0.1, -0.05) is 12.1 Å². The van der Waals surface area contributed by atoms with Gasteiger partial charge in [0.2, 0.25) is 0 Å². The lowest BCUT2D eigenvalue weighted by molar-refractivity contribution is -0.137. The van der Waals surface area contributed by atoms with Gasteiger partial charge in [0.1, 0.15) is 11.4 Å². The van der Waals surface area contributed by atoms with E-state index >= 15 is 0 Å². The van der Waals surface area contributed by atoms with Crippen LogP contribution in [0, 0.1) is 13.8 Å². The SMILES string of the molecule is Cc1cc(C)c2c(c1)OC1(C=C2)CCN(CCC(=O)O)CC1. The summed E-state index contributed by atoms with van der Waals surface area (Å²) in [5.74, 6) is 0.257. The Labute approximate surface area is 131 Å². The molecule has 1 aromatic rings. The maximum absolute atomic E-state index is 10.7. The van der Waals surface area contributed by atoms with E-state index in [-0.39, 0.29) is 12.0 Å². The first-order valence-electron chi connectivity index (χ1n) is 7.91. The molecule has 0 atom stereocenters. The van der Waals surface area contributed by atoms with Gasteiger partial charge in [-0.3, -0.25) is 4.79 Å². The number of ether oxygens (including phenoxy) is 1. The number of carbonyl (C=O) groups is 1. The minimum Gasteiger partial charge on any atom is -0.482 e. The van der Waals surface area contributed by atoms with Crippen molar-refractivity contribution in [2.24, 2.45) is 0 Å². The zero-order valence-corrected chi connectivity index (χ0v) is 13.3. The minimum absolute atomic E-state index is 0.213.